The summed E-state index contributed by atoms with van der Waals surface area (Å²) in [7, 11) is 0. The first-order valence-corrected chi connectivity index (χ1v) is 17.1. The van der Waals surface area contributed by atoms with Crippen LogP contribution in [0.5, 0.6) is 0 Å². The molecule has 10 rings (SSSR count). The van der Waals surface area contributed by atoms with Crippen molar-refractivity contribution in [3.63, 3.8) is 0 Å². The van der Waals surface area contributed by atoms with Gasteiger partial charge in [-0.05, 0) is 68.7 Å². The average molecular weight is 652 g/mol. The van der Waals surface area contributed by atoms with Crippen LogP contribution in [-0.2, 0) is 0 Å². The van der Waals surface area contributed by atoms with Gasteiger partial charge in [0.1, 0.15) is 11.2 Å². The molecule has 8 aromatic carbocycles. The van der Waals surface area contributed by atoms with E-state index in [2.05, 4.69) is 133 Å². The molecule has 0 atom stereocenters. The Morgan fingerprint density at radius 2 is 0.882 bits per heavy atom. The van der Waals surface area contributed by atoms with Crippen molar-refractivity contribution < 1.29 is 4.42 Å². The number of benzene rings is 8. The highest BCUT2D eigenvalue weighted by molar-refractivity contribution is 6.19. The van der Waals surface area contributed by atoms with Crippen LogP contribution in [0.15, 0.2) is 180 Å². The van der Waals surface area contributed by atoms with Crippen molar-refractivity contribution in [1.29, 1.82) is 0 Å². The van der Waals surface area contributed by atoms with Crippen LogP contribution >= 0.6 is 0 Å². The van der Waals surface area contributed by atoms with E-state index in [0.717, 1.165) is 71.3 Å². The molecule has 2 heterocycles. The van der Waals surface area contributed by atoms with Crippen LogP contribution in [0.25, 0.3) is 99.9 Å². The molecule has 0 N–H and O–H groups in total. The van der Waals surface area contributed by atoms with Gasteiger partial charge in [0.25, 0.3) is 0 Å². The zero-order chi connectivity index (χ0) is 33.7. The third kappa shape index (κ3) is 5.13. The summed E-state index contributed by atoms with van der Waals surface area (Å²) in [5, 5.41) is 6.68. The molecule has 0 aliphatic heterocycles. The minimum absolute atomic E-state index is 0.586. The lowest BCUT2D eigenvalue weighted by atomic mass is 9.96. The monoisotopic (exact) mass is 651 g/mol. The summed E-state index contributed by atoms with van der Waals surface area (Å²) < 4.78 is 6.74. The van der Waals surface area contributed by atoms with E-state index in [4.69, 9.17) is 19.4 Å². The van der Waals surface area contributed by atoms with E-state index in [1.165, 1.54) is 11.1 Å². The standard InChI is InChI=1S/C47H29N3O/c1-4-12-30(13-5-1)34-20-21-36-27-37(23-22-35(36)26-34)46-48-45(33-17-8-3-9-18-33)49-47(50-46)38-28-41(31-14-6-2-7-15-31)43-40-25-24-32-16-10-11-19-39(32)44(40)51-42(43)29-38/h1-29H. The molecule has 0 radical (unpaired) electrons. The quantitative estimate of drug-likeness (QED) is 0.186. The Balaban J connectivity index is 1.18. The first-order chi connectivity index (χ1) is 25.2. The molecule has 0 amide bonds. The Bertz CT molecular complexity index is 2900. The second kappa shape index (κ2) is 11.9. The van der Waals surface area contributed by atoms with Gasteiger partial charge in [0.15, 0.2) is 17.5 Å². The lowest BCUT2D eigenvalue weighted by Crippen LogP contribution is -2.00. The van der Waals surface area contributed by atoms with E-state index in [1.54, 1.807) is 0 Å². The van der Waals surface area contributed by atoms with Gasteiger partial charge >= 0.3 is 0 Å². The first kappa shape index (κ1) is 29.0. The van der Waals surface area contributed by atoms with Gasteiger partial charge in [-0.3, -0.25) is 0 Å². The highest BCUT2D eigenvalue weighted by Gasteiger charge is 2.19. The molecule has 4 heteroatoms. The minimum atomic E-state index is 0.586. The maximum atomic E-state index is 6.74. The Hall–Kier alpha value is -6.91. The lowest BCUT2D eigenvalue weighted by molar-refractivity contribution is 0.673. The van der Waals surface area contributed by atoms with Crippen LogP contribution in [0, 0.1) is 0 Å². The highest BCUT2D eigenvalue weighted by atomic mass is 16.3. The van der Waals surface area contributed by atoms with Crippen molar-refractivity contribution in [3.05, 3.63) is 176 Å². The number of rotatable bonds is 5. The minimum Gasteiger partial charge on any atom is -0.455 e. The number of hydrogen-bond acceptors (Lipinski definition) is 4. The maximum Gasteiger partial charge on any atom is 0.164 e. The molecule has 238 valence electrons. The fraction of sp³-hybridized carbons (Fsp3) is 0. The van der Waals surface area contributed by atoms with Gasteiger partial charge < -0.3 is 4.42 Å². The predicted octanol–water partition coefficient (Wildman–Crippen LogP) is 12.4. The molecular formula is C47H29N3O. The normalized spacial score (nSPS) is 11.5. The van der Waals surface area contributed by atoms with Crippen molar-refractivity contribution >= 4 is 43.5 Å². The van der Waals surface area contributed by atoms with Gasteiger partial charge in [0, 0.05) is 32.8 Å². The largest absolute Gasteiger partial charge is 0.455 e. The van der Waals surface area contributed by atoms with Crippen molar-refractivity contribution in [2.75, 3.05) is 0 Å². The second-order valence-electron chi connectivity index (χ2n) is 12.8. The van der Waals surface area contributed by atoms with Crippen LogP contribution in [-0.4, -0.2) is 15.0 Å². The van der Waals surface area contributed by atoms with E-state index in [-0.39, 0.29) is 0 Å². The fourth-order valence-corrected chi connectivity index (χ4v) is 7.15. The van der Waals surface area contributed by atoms with E-state index in [0.29, 0.717) is 17.5 Å². The molecule has 10 aromatic rings. The molecule has 0 aliphatic carbocycles. The summed E-state index contributed by atoms with van der Waals surface area (Å²) in [6.07, 6.45) is 0. The predicted molar refractivity (Wildman–Crippen MR) is 209 cm³/mol. The van der Waals surface area contributed by atoms with E-state index in [1.807, 2.05) is 42.5 Å². The summed E-state index contributed by atoms with van der Waals surface area (Å²) in [5.41, 5.74) is 8.94. The van der Waals surface area contributed by atoms with Crippen molar-refractivity contribution in [2.45, 2.75) is 0 Å². The van der Waals surface area contributed by atoms with Crippen molar-refractivity contribution in [2.24, 2.45) is 0 Å². The van der Waals surface area contributed by atoms with Crippen LogP contribution in [0.1, 0.15) is 0 Å². The maximum absolute atomic E-state index is 6.74. The summed E-state index contributed by atoms with van der Waals surface area (Å²) in [6, 6.07) is 61.0. The molecule has 51 heavy (non-hydrogen) atoms. The van der Waals surface area contributed by atoms with Gasteiger partial charge in [0.05, 0.1) is 0 Å². The van der Waals surface area contributed by atoms with Gasteiger partial charge in [-0.1, -0.05) is 146 Å². The van der Waals surface area contributed by atoms with Gasteiger partial charge in [-0.25, -0.2) is 15.0 Å². The number of fused-ring (bicyclic) bond motifs is 6. The summed E-state index contributed by atoms with van der Waals surface area (Å²) in [5.74, 6) is 1.82. The molecule has 0 aliphatic rings. The molecule has 0 fully saturated rings. The third-order valence-electron chi connectivity index (χ3n) is 9.68. The Labute approximate surface area is 294 Å². The first-order valence-electron chi connectivity index (χ1n) is 17.1. The Morgan fingerprint density at radius 3 is 1.61 bits per heavy atom. The third-order valence-corrected chi connectivity index (χ3v) is 9.68. The number of aromatic nitrogens is 3. The van der Waals surface area contributed by atoms with Gasteiger partial charge in [0.2, 0.25) is 0 Å². The molecule has 0 unspecified atom stereocenters. The van der Waals surface area contributed by atoms with Gasteiger partial charge in [-0.15, -0.1) is 0 Å². The summed E-state index contributed by atoms with van der Waals surface area (Å²) in [4.78, 5) is 15.3. The highest BCUT2D eigenvalue weighted by Crippen LogP contribution is 2.42. The SMILES string of the molecule is c1ccc(-c2ccc3cc(-c4nc(-c5ccccc5)nc(-c5cc(-c6ccccc6)c6c(c5)oc5c7ccccc7ccc56)n4)ccc3c2)cc1. The average Bonchev–Trinajstić information content (AvgIpc) is 3.60. The number of hydrogen-bond donors (Lipinski definition) is 0. The van der Waals surface area contributed by atoms with Crippen LogP contribution in [0.3, 0.4) is 0 Å². The van der Waals surface area contributed by atoms with Crippen molar-refractivity contribution in [3.8, 4) is 56.4 Å². The van der Waals surface area contributed by atoms with Crippen molar-refractivity contribution in [1.82, 2.24) is 15.0 Å². The topological polar surface area (TPSA) is 51.8 Å². The Kier molecular flexibility index (Phi) is 6.78. The molecule has 4 nitrogen and oxygen atoms in total. The van der Waals surface area contributed by atoms with E-state index < -0.39 is 0 Å². The molecule has 0 spiro atoms. The zero-order valence-electron chi connectivity index (χ0n) is 27.5. The van der Waals surface area contributed by atoms with Crippen LogP contribution in [0.2, 0.25) is 0 Å². The lowest BCUT2D eigenvalue weighted by Gasteiger charge is -2.11. The molecule has 0 saturated heterocycles. The zero-order valence-corrected chi connectivity index (χ0v) is 27.5. The molecule has 0 bridgehead atoms. The van der Waals surface area contributed by atoms with Crippen LogP contribution in [0.4, 0.5) is 0 Å². The Morgan fingerprint density at radius 1 is 0.333 bits per heavy atom. The van der Waals surface area contributed by atoms with E-state index >= 15 is 0 Å². The number of nitrogens with zero attached hydrogens (tertiary/aromatic N) is 3. The molecule has 0 saturated carbocycles. The second-order valence-corrected chi connectivity index (χ2v) is 12.8. The summed E-state index contributed by atoms with van der Waals surface area (Å²) in [6.45, 7) is 0. The smallest absolute Gasteiger partial charge is 0.164 e. The number of furan rings is 1. The van der Waals surface area contributed by atoms with Crippen LogP contribution < -0.4 is 0 Å². The van der Waals surface area contributed by atoms with E-state index in [9.17, 15) is 0 Å². The summed E-state index contributed by atoms with van der Waals surface area (Å²) >= 11 is 0. The molecule has 2 aromatic heterocycles. The molecular weight excluding hydrogens is 623 g/mol. The fourth-order valence-electron chi connectivity index (χ4n) is 7.15. The van der Waals surface area contributed by atoms with Gasteiger partial charge in [-0.2, -0.15) is 0 Å².